The quantitative estimate of drug-likeness (QED) is 0.726. The third kappa shape index (κ3) is 2.25. The minimum absolute atomic E-state index is 0.245. The van der Waals surface area contributed by atoms with Gasteiger partial charge in [0.15, 0.2) is 5.60 Å². The summed E-state index contributed by atoms with van der Waals surface area (Å²) in [5.41, 5.74) is -1.01. The summed E-state index contributed by atoms with van der Waals surface area (Å²) in [7, 11) is 0. The number of nitriles is 1. The highest BCUT2D eigenvalue weighted by Crippen LogP contribution is 2.42. The van der Waals surface area contributed by atoms with E-state index in [4.69, 9.17) is 0 Å². The van der Waals surface area contributed by atoms with Crippen LogP contribution in [0.4, 0.5) is 0 Å². The highest BCUT2D eigenvalue weighted by atomic mass is 16.3. The first-order valence-corrected chi connectivity index (χ1v) is 6.91. The number of nitrogens with zero attached hydrogens (tertiary/aromatic N) is 1. The summed E-state index contributed by atoms with van der Waals surface area (Å²) in [5.74, 6) is 0.490. The Hall–Kier alpha value is -0.550. The van der Waals surface area contributed by atoms with Gasteiger partial charge in [0.25, 0.3) is 0 Å². The molecule has 2 saturated carbocycles. The Morgan fingerprint density at radius 2 is 1.19 bits per heavy atom. The Kier molecular flexibility index (Phi) is 3.86. The van der Waals surface area contributed by atoms with Crippen LogP contribution in [0.2, 0.25) is 0 Å². The second kappa shape index (κ2) is 5.19. The number of rotatable bonds is 2. The summed E-state index contributed by atoms with van der Waals surface area (Å²) in [6, 6.07) is 2.27. The SMILES string of the molecule is N#CC(O)(C1CCCCC1)C1CCCCC1. The summed E-state index contributed by atoms with van der Waals surface area (Å²) in [5, 5.41) is 20.1. The van der Waals surface area contributed by atoms with Crippen molar-refractivity contribution in [3.63, 3.8) is 0 Å². The van der Waals surface area contributed by atoms with Crippen molar-refractivity contribution in [3.05, 3.63) is 0 Å². The number of aliphatic hydroxyl groups is 1. The van der Waals surface area contributed by atoms with Gasteiger partial charge in [-0.1, -0.05) is 38.5 Å². The molecule has 0 saturated heterocycles. The van der Waals surface area contributed by atoms with Gasteiger partial charge in [0.2, 0.25) is 0 Å². The Balaban J connectivity index is 2.07. The van der Waals surface area contributed by atoms with Gasteiger partial charge in [-0.3, -0.25) is 0 Å². The van der Waals surface area contributed by atoms with E-state index in [1.807, 2.05) is 0 Å². The fraction of sp³-hybridized carbons (Fsp3) is 0.929. The van der Waals surface area contributed by atoms with Gasteiger partial charge >= 0.3 is 0 Å². The molecule has 1 N–H and O–H groups in total. The van der Waals surface area contributed by atoms with E-state index in [9.17, 15) is 10.4 Å². The Bertz CT molecular complexity index is 238. The van der Waals surface area contributed by atoms with E-state index in [1.54, 1.807) is 0 Å². The molecule has 0 atom stereocenters. The Labute approximate surface area is 98.7 Å². The van der Waals surface area contributed by atoms with Crippen LogP contribution in [-0.2, 0) is 0 Å². The average molecular weight is 221 g/mol. The first-order chi connectivity index (χ1) is 7.77. The van der Waals surface area contributed by atoms with E-state index in [0.29, 0.717) is 0 Å². The van der Waals surface area contributed by atoms with Gasteiger partial charge in [0, 0.05) is 11.8 Å². The van der Waals surface area contributed by atoms with Crippen molar-refractivity contribution in [2.24, 2.45) is 11.8 Å². The fourth-order valence-corrected chi connectivity index (χ4v) is 3.60. The molecule has 0 radical (unpaired) electrons. The summed E-state index contributed by atoms with van der Waals surface area (Å²) in [6.45, 7) is 0. The molecule has 2 rings (SSSR count). The van der Waals surface area contributed by atoms with Crippen molar-refractivity contribution in [2.75, 3.05) is 0 Å². The average Bonchev–Trinajstić information content (AvgIpc) is 2.40. The van der Waals surface area contributed by atoms with E-state index in [0.717, 1.165) is 25.7 Å². The normalized spacial score (nSPS) is 25.2. The van der Waals surface area contributed by atoms with Crippen LogP contribution in [-0.4, -0.2) is 10.7 Å². The van der Waals surface area contributed by atoms with Crippen molar-refractivity contribution >= 4 is 0 Å². The van der Waals surface area contributed by atoms with Crippen molar-refractivity contribution in [1.29, 1.82) is 5.26 Å². The molecule has 0 aromatic carbocycles. The molecule has 2 aliphatic carbocycles. The maximum absolute atomic E-state index is 10.7. The Morgan fingerprint density at radius 1 is 0.812 bits per heavy atom. The predicted octanol–water partition coefficient (Wildman–Crippen LogP) is 3.40. The lowest BCUT2D eigenvalue weighted by molar-refractivity contribution is -0.0448. The van der Waals surface area contributed by atoms with E-state index in [2.05, 4.69) is 6.07 Å². The molecule has 0 heterocycles. The van der Waals surface area contributed by atoms with Crippen molar-refractivity contribution in [3.8, 4) is 6.07 Å². The van der Waals surface area contributed by atoms with E-state index < -0.39 is 5.60 Å². The fourth-order valence-electron chi connectivity index (χ4n) is 3.60. The van der Waals surface area contributed by atoms with Crippen LogP contribution in [0.15, 0.2) is 0 Å². The maximum atomic E-state index is 10.7. The van der Waals surface area contributed by atoms with Gasteiger partial charge in [-0.15, -0.1) is 0 Å². The molecule has 0 aromatic heterocycles. The van der Waals surface area contributed by atoms with Crippen molar-refractivity contribution in [2.45, 2.75) is 69.8 Å². The molecule has 16 heavy (non-hydrogen) atoms. The summed E-state index contributed by atoms with van der Waals surface area (Å²) in [6.07, 6.45) is 11.6. The van der Waals surface area contributed by atoms with E-state index in [1.165, 1.54) is 38.5 Å². The van der Waals surface area contributed by atoms with Gasteiger partial charge in [-0.25, -0.2) is 0 Å². The second-order valence-electron chi connectivity index (χ2n) is 5.61. The topological polar surface area (TPSA) is 44.0 Å². The minimum Gasteiger partial charge on any atom is -0.375 e. The van der Waals surface area contributed by atoms with Crippen LogP contribution in [0.25, 0.3) is 0 Å². The minimum atomic E-state index is -1.01. The molecule has 0 aliphatic heterocycles. The van der Waals surface area contributed by atoms with E-state index >= 15 is 0 Å². The molecule has 0 amide bonds. The zero-order chi connectivity index (χ0) is 11.4. The number of hydrogen-bond acceptors (Lipinski definition) is 2. The Morgan fingerprint density at radius 3 is 1.50 bits per heavy atom. The molecule has 90 valence electrons. The summed E-state index contributed by atoms with van der Waals surface area (Å²) >= 11 is 0. The van der Waals surface area contributed by atoms with Crippen LogP contribution >= 0.6 is 0 Å². The van der Waals surface area contributed by atoms with Gasteiger partial charge in [0.05, 0.1) is 6.07 Å². The number of hydrogen-bond donors (Lipinski definition) is 1. The molecule has 2 heteroatoms. The molecular formula is C14H23NO. The first kappa shape index (κ1) is 11.9. The van der Waals surface area contributed by atoms with Gasteiger partial charge in [-0.05, 0) is 25.7 Å². The molecule has 2 fully saturated rings. The first-order valence-electron chi connectivity index (χ1n) is 6.91. The lowest BCUT2D eigenvalue weighted by atomic mass is 9.67. The zero-order valence-corrected chi connectivity index (χ0v) is 10.1. The molecule has 0 bridgehead atoms. The molecule has 0 spiro atoms. The molecule has 2 aliphatic rings. The van der Waals surface area contributed by atoms with Gasteiger partial charge in [0.1, 0.15) is 0 Å². The van der Waals surface area contributed by atoms with Crippen molar-refractivity contribution in [1.82, 2.24) is 0 Å². The monoisotopic (exact) mass is 221 g/mol. The molecule has 0 aromatic rings. The van der Waals surface area contributed by atoms with E-state index in [-0.39, 0.29) is 11.8 Å². The highest BCUT2D eigenvalue weighted by Gasteiger charge is 2.44. The molecular weight excluding hydrogens is 198 g/mol. The summed E-state index contributed by atoms with van der Waals surface area (Å²) < 4.78 is 0. The third-order valence-corrected chi connectivity index (χ3v) is 4.63. The third-order valence-electron chi connectivity index (χ3n) is 4.63. The standard InChI is InChI=1S/C14H23NO/c15-11-14(16,12-7-3-1-4-8-12)13-9-5-2-6-10-13/h12-13,16H,1-10H2. The van der Waals surface area contributed by atoms with Crippen LogP contribution in [0, 0.1) is 23.2 Å². The highest BCUT2D eigenvalue weighted by molar-refractivity contribution is 5.09. The smallest absolute Gasteiger partial charge is 0.156 e. The predicted molar refractivity (Wildman–Crippen MR) is 63.7 cm³/mol. The second-order valence-corrected chi connectivity index (χ2v) is 5.61. The lowest BCUT2D eigenvalue weighted by Gasteiger charge is -2.40. The maximum Gasteiger partial charge on any atom is 0.156 e. The van der Waals surface area contributed by atoms with Gasteiger partial charge < -0.3 is 5.11 Å². The summed E-state index contributed by atoms with van der Waals surface area (Å²) in [4.78, 5) is 0. The van der Waals surface area contributed by atoms with Crippen LogP contribution in [0.5, 0.6) is 0 Å². The lowest BCUT2D eigenvalue weighted by Crippen LogP contribution is -2.45. The molecule has 0 unspecified atom stereocenters. The van der Waals surface area contributed by atoms with Crippen LogP contribution in [0.1, 0.15) is 64.2 Å². The zero-order valence-electron chi connectivity index (χ0n) is 10.1. The van der Waals surface area contributed by atoms with Gasteiger partial charge in [-0.2, -0.15) is 5.26 Å². The van der Waals surface area contributed by atoms with Crippen LogP contribution in [0.3, 0.4) is 0 Å². The van der Waals surface area contributed by atoms with Crippen LogP contribution < -0.4 is 0 Å². The molecule has 2 nitrogen and oxygen atoms in total. The van der Waals surface area contributed by atoms with Crippen molar-refractivity contribution < 1.29 is 5.11 Å². The largest absolute Gasteiger partial charge is 0.375 e.